The lowest BCUT2D eigenvalue weighted by atomic mass is 10.0. The van der Waals surface area contributed by atoms with Crippen molar-refractivity contribution in [3.8, 4) is 56.8 Å². The minimum absolute atomic E-state index is 0.576. The Labute approximate surface area is 322 Å². The lowest BCUT2D eigenvalue weighted by Crippen LogP contribution is -2.01. The summed E-state index contributed by atoms with van der Waals surface area (Å²) in [6, 6.07) is 65.6. The van der Waals surface area contributed by atoms with Crippen molar-refractivity contribution in [1.29, 1.82) is 0 Å². The van der Waals surface area contributed by atoms with E-state index in [1.165, 1.54) is 43.7 Å². The maximum Gasteiger partial charge on any atom is 0.165 e. The zero-order valence-corrected chi connectivity index (χ0v) is 30.2. The van der Waals surface area contributed by atoms with E-state index in [0.29, 0.717) is 17.5 Å². The summed E-state index contributed by atoms with van der Waals surface area (Å²) in [5.41, 5.74) is 10.8. The summed E-state index contributed by atoms with van der Waals surface area (Å²) in [5, 5.41) is 4.83. The number of hydrogen-bond donors (Lipinski definition) is 0. The Bertz CT molecular complexity index is 3160. The number of rotatable bonds is 6. The van der Waals surface area contributed by atoms with Gasteiger partial charge in [-0.1, -0.05) is 127 Å². The maximum absolute atomic E-state index is 5.03. The van der Waals surface area contributed by atoms with Crippen molar-refractivity contribution < 1.29 is 0 Å². The van der Waals surface area contributed by atoms with Crippen LogP contribution in [0, 0.1) is 0 Å². The molecule has 0 N–H and O–H groups in total. The molecule has 0 saturated heterocycles. The largest absolute Gasteiger partial charge is 0.309 e. The third kappa shape index (κ3) is 5.27. The molecule has 0 aliphatic heterocycles. The third-order valence-electron chi connectivity index (χ3n) is 10.6. The van der Waals surface area contributed by atoms with Gasteiger partial charge in [0.05, 0.1) is 22.1 Å². The first-order chi connectivity index (χ1) is 27.8. The monoisotopic (exact) mass is 716 g/mol. The van der Waals surface area contributed by atoms with Crippen LogP contribution in [-0.4, -0.2) is 29.1 Å². The van der Waals surface area contributed by atoms with Gasteiger partial charge in [-0.3, -0.25) is 4.57 Å². The van der Waals surface area contributed by atoms with E-state index in [-0.39, 0.29) is 0 Å². The summed E-state index contributed by atoms with van der Waals surface area (Å²) in [6.07, 6.45) is 1.87. The van der Waals surface area contributed by atoms with Crippen LogP contribution in [0.5, 0.6) is 0 Å². The molecular weight excluding hydrogens is 685 g/mol. The zero-order chi connectivity index (χ0) is 37.0. The molecule has 0 unspecified atom stereocenters. The summed E-state index contributed by atoms with van der Waals surface area (Å²) >= 11 is 0. The zero-order valence-electron chi connectivity index (χ0n) is 30.2. The lowest BCUT2D eigenvalue weighted by molar-refractivity contribution is 1.05. The van der Waals surface area contributed by atoms with E-state index in [9.17, 15) is 0 Å². The van der Waals surface area contributed by atoms with Gasteiger partial charge in [0.15, 0.2) is 17.5 Å². The molecule has 262 valence electrons. The average molecular weight is 717 g/mol. The Balaban J connectivity index is 1.01. The molecule has 11 aromatic rings. The van der Waals surface area contributed by atoms with Gasteiger partial charge in [-0.05, 0) is 71.8 Å². The van der Waals surface area contributed by atoms with Crippen LogP contribution in [0.1, 0.15) is 0 Å². The average Bonchev–Trinajstić information content (AvgIpc) is 3.79. The summed E-state index contributed by atoms with van der Waals surface area (Å²) in [7, 11) is 0. The smallest absolute Gasteiger partial charge is 0.165 e. The SMILES string of the molecule is c1ccc(-c2nc(-c3ccccc3)nc(-c3ccc(-n4c5ccccc5c5cc(-c6ccc7c(c6)c6ccccc6n7-c6ccccc6)ccc54)nc3)n2)cc1. The van der Waals surface area contributed by atoms with Crippen LogP contribution in [0.3, 0.4) is 0 Å². The predicted molar refractivity (Wildman–Crippen MR) is 228 cm³/mol. The topological polar surface area (TPSA) is 61.4 Å². The van der Waals surface area contributed by atoms with Gasteiger partial charge in [0.1, 0.15) is 5.82 Å². The predicted octanol–water partition coefficient (Wildman–Crippen LogP) is 12.1. The molecule has 0 radical (unpaired) electrons. The normalized spacial score (nSPS) is 11.6. The van der Waals surface area contributed by atoms with Crippen LogP contribution in [0.4, 0.5) is 0 Å². The quantitative estimate of drug-likeness (QED) is 0.172. The van der Waals surface area contributed by atoms with Gasteiger partial charge in [0.25, 0.3) is 0 Å². The van der Waals surface area contributed by atoms with Gasteiger partial charge < -0.3 is 4.57 Å². The van der Waals surface area contributed by atoms with Crippen molar-refractivity contribution in [3.63, 3.8) is 0 Å². The molecule has 6 nitrogen and oxygen atoms in total. The van der Waals surface area contributed by atoms with Crippen molar-refractivity contribution in [2.24, 2.45) is 0 Å². The Hall–Kier alpha value is -7.70. The number of pyridine rings is 1. The number of aromatic nitrogens is 6. The standard InChI is InChI=1S/C50H32N6/c1-4-14-33(15-5-1)48-52-49(34-16-6-2-7-17-34)54-50(53-48)37-26-29-47(51-32-37)56-44-23-13-11-21-40(44)42-31-36(25-28-46(42)56)35-24-27-45-41(30-35)39-20-10-12-22-43(39)55(45)38-18-8-3-9-19-38/h1-32H. The minimum atomic E-state index is 0.576. The molecule has 6 heteroatoms. The lowest BCUT2D eigenvalue weighted by Gasteiger charge is -2.10. The molecule has 0 amide bonds. The minimum Gasteiger partial charge on any atom is -0.309 e. The fourth-order valence-corrected chi connectivity index (χ4v) is 8.00. The van der Waals surface area contributed by atoms with Crippen molar-refractivity contribution in [3.05, 3.63) is 194 Å². The highest BCUT2D eigenvalue weighted by atomic mass is 15.1. The summed E-state index contributed by atoms with van der Waals surface area (Å²) in [4.78, 5) is 19.7. The molecule has 7 aromatic carbocycles. The van der Waals surface area contributed by atoms with E-state index < -0.39 is 0 Å². The van der Waals surface area contributed by atoms with Crippen LogP contribution in [0.2, 0.25) is 0 Å². The first-order valence-corrected chi connectivity index (χ1v) is 18.7. The van der Waals surface area contributed by atoms with Gasteiger partial charge in [0.2, 0.25) is 0 Å². The van der Waals surface area contributed by atoms with Crippen molar-refractivity contribution >= 4 is 43.6 Å². The molecule has 0 spiro atoms. The molecule has 0 bridgehead atoms. The van der Waals surface area contributed by atoms with Crippen molar-refractivity contribution in [2.45, 2.75) is 0 Å². The molecule has 0 fully saturated rings. The Morgan fingerprint density at radius 1 is 0.304 bits per heavy atom. The summed E-state index contributed by atoms with van der Waals surface area (Å²) in [6.45, 7) is 0. The van der Waals surface area contributed by atoms with E-state index in [1.807, 2.05) is 66.9 Å². The van der Waals surface area contributed by atoms with Gasteiger partial charge in [-0.25, -0.2) is 19.9 Å². The Morgan fingerprint density at radius 2 is 0.732 bits per heavy atom. The summed E-state index contributed by atoms with van der Waals surface area (Å²) < 4.78 is 4.60. The number of hydrogen-bond acceptors (Lipinski definition) is 4. The van der Waals surface area contributed by atoms with Crippen LogP contribution in [0.25, 0.3) is 100 Å². The van der Waals surface area contributed by atoms with E-state index >= 15 is 0 Å². The van der Waals surface area contributed by atoms with Crippen molar-refractivity contribution in [1.82, 2.24) is 29.1 Å². The molecule has 11 rings (SSSR count). The molecule has 56 heavy (non-hydrogen) atoms. The highest BCUT2D eigenvalue weighted by Crippen LogP contribution is 2.38. The fourth-order valence-electron chi connectivity index (χ4n) is 8.00. The number of nitrogens with zero attached hydrogens (tertiary/aromatic N) is 6. The first kappa shape index (κ1) is 31.8. The van der Waals surface area contributed by atoms with Gasteiger partial charge in [0, 0.05) is 50.1 Å². The van der Waals surface area contributed by atoms with E-state index in [4.69, 9.17) is 19.9 Å². The number of fused-ring (bicyclic) bond motifs is 6. The van der Waals surface area contributed by atoms with Crippen LogP contribution < -0.4 is 0 Å². The van der Waals surface area contributed by atoms with Crippen molar-refractivity contribution in [2.75, 3.05) is 0 Å². The van der Waals surface area contributed by atoms with Gasteiger partial charge in [-0.2, -0.15) is 0 Å². The van der Waals surface area contributed by atoms with Crippen LogP contribution in [-0.2, 0) is 0 Å². The van der Waals surface area contributed by atoms with Gasteiger partial charge in [-0.15, -0.1) is 0 Å². The van der Waals surface area contributed by atoms with E-state index in [2.05, 4.69) is 137 Å². The molecule has 0 aliphatic carbocycles. The maximum atomic E-state index is 5.03. The molecule has 4 aromatic heterocycles. The van der Waals surface area contributed by atoms with Crippen LogP contribution in [0.15, 0.2) is 194 Å². The highest BCUT2D eigenvalue weighted by molar-refractivity contribution is 6.12. The van der Waals surface area contributed by atoms with E-state index in [1.54, 1.807) is 0 Å². The second-order valence-corrected chi connectivity index (χ2v) is 13.9. The second-order valence-electron chi connectivity index (χ2n) is 13.9. The molecular formula is C50H32N6. The molecule has 0 atom stereocenters. The fraction of sp³-hybridized carbons (Fsp3) is 0. The molecule has 0 aliphatic rings. The Kier molecular flexibility index (Phi) is 7.38. The number of benzene rings is 7. The highest BCUT2D eigenvalue weighted by Gasteiger charge is 2.18. The number of para-hydroxylation sites is 3. The third-order valence-corrected chi connectivity index (χ3v) is 10.6. The van der Waals surface area contributed by atoms with Crippen LogP contribution >= 0.6 is 0 Å². The Morgan fingerprint density at radius 3 is 1.27 bits per heavy atom. The second kappa shape index (κ2) is 13.0. The first-order valence-electron chi connectivity index (χ1n) is 18.7. The summed E-state index contributed by atoms with van der Waals surface area (Å²) in [5.74, 6) is 2.65. The van der Waals surface area contributed by atoms with E-state index in [0.717, 1.165) is 39.2 Å². The van der Waals surface area contributed by atoms with Gasteiger partial charge >= 0.3 is 0 Å². The molecule has 0 saturated carbocycles. The molecule has 4 heterocycles.